The van der Waals surface area contributed by atoms with Crippen molar-refractivity contribution in [2.75, 3.05) is 6.54 Å². The molecule has 0 amide bonds. The standard InChI is InChI=1S/C13H20ClNO3S/c1-10(2)13(3,16)9-15-19(17,18)8-11-6-4-5-7-12(11)14/h4-7,10,15-16H,8-9H2,1-3H3. The lowest BCUT2D eigenvalue weighted by atomic mass is 9.93. The van der Waals surface area contributed by atoms with E-state index in [1.807, 2.05) is 13.8 Å². The van der Waals surface area contributed by atoms with Gasteiger partial charge >= 0.3 is 0 Å². The average Bonchev–Trinajstić information content (AvgIpc) is 2.30. The molecule has 0 saturated carbocycles. The monoisotopic (exact) mass is 305 g/mol. The van der Waals surface area contributed by atoms with Crippen molar-refractivity contribution in [3.05, 3.63) is 34.9 Å². The molecule has 0 radical (unpaired) electrons. The molecule has 0 fully saturated rings. The molecule has 1 aromatic rings. The van der Waals surface area contributed by atoms with Crippen molar-refractivity contribution in [3.8, 4) is 0 Å². The third kappa shape index (κ3) is 5.10. The van der Waals surface area contributed by atoms with Crippen molar-refractivity contribution < 1.29 is 13.5 Å². The number of aliphatic hydroxyl groups is 1. The zero-order valence-electron chi connectivity index (χ0n) is 11.4. The van der Waals surface area contributed by atoms with E-state index in [0.29, 0.717) is 10.6 Å². The zero-order chi connectivity index (χ0) is 14.7. The van der Waals surface area contributed by atoms with Gasteiger partial charge in [-0.2, -0.15) is 0 Å². The van der Waals surface area contributed by atoms with Gasteiger partial charge in [0.2, 0.25) is 10.0 Å². The molecule has 0 aromatic heterocycles. The number of nitrogens with one attached hydrogen (secondary N) is 1. The van der Waals surface area contributed by atoms with Crippen LogP contribution in [0.4, 0.5) is 0 Å². The van der Waals surface area contributed by atoms with Gasteiger partial charge in [0.1, 0.15) is 0 Å². The fourth-order valence-corrected chi connectivity index (χ4v) is 2.89. The summed E-state index contributed by atoms with van der Waals surface area (Å²) in [7, 11) is -3.52. The molecule has 0 aliphatic carbocycles. The second-order valence-corrected chi connectivity index (χ2v) is 7.40. The molecule has 0 spiro atoms. The van der Waals surface area contributed by atoms with Crippen LogP contribution in [0.25, 0.3) is 0 Å². The molecular formula is C13H20ClNO3S. The number of hydrogen-bond donors (Lipinski definition) is 2. The molecule has 1 rings (SSSR count). The van der Waals surface area contributed by atoms with E-state index in [-0.39, 0.29) is 18.2 Å². The minimum absolute atomic E-state index is 0.0164. The lowest BCUT2D eigenvalue weighted by molar-refractivity contribution is 0.0190. The fraction of sp³-hybridized carbons (Fsp3) is 0.538. The first-order chi connectivity index (χ1) is 8.64. The maximum absolute atomic E-state index is 11.9. The maximum Gasteiger partial charge on any atom is 0.215 e. The predicted molar refractivity (Wildman–Crippen MR) is 77.5 cm³/mol. The molecule has 2 N–H and O–H groups in total. The van der Waals surface area contributed by atoms with Crippen LogP contribution in [-0.2, 0) is 15.8 Å². The first-order valence-corrected chi connectivity index (χ1v) is 8.10. The lowest BCUT2D eigenvalue weighted by Crippen LogP contribution is -2.44. The highest BCUT2D eigenvalue weighted by Gasteiger charge is 2.27. The van der Waals surface area contributed by atoms with E-state index in [1.54, 1.807) is 31.2 Å². The Morgan fingerprint density at radius 3 is 2.47 bits per heavy atom. The highest BCUT2D eigenvalue weighted by atomic mass is 35.5. The van der Waals surface area contributed by atoms with E-state index in [2.05, 4.69) is 4.72 Å². The van der Waals surface area contributed by atoms with Crippen LogP contribution in [0.5, 0.6) is 0 Å². The summed E-state index contributed by atoms with van der Waals surface area (Å²) < 4.78 is 26.3. The number of rotatable bonds is 6. The van der Waals surface area contributed by atoms with Gasteiger partial charge in [-0.05, 0) is 24.5 Å². The molecular weight excluding hydrogens is 286 g/mol. The molecule has 108 valence electrons. The fourth-order valence-electron chi connectivity index (χ4n) is 1.33. The van der Waals surface area contributed by atoms with Crippen LogP contribution >= 0.6 is 11.6 Å². The third-order valence-corrected chi connectivity index (χ3v) is 4.84. The molecule has 0 bridgehead atoms. The number of benzene rings is 1. The SMILES string of the molecule is CC(C)C(C)(O)CNS(=O)(=O)Cc1ccccc1Cl. The molecule has 4 nitrogen and oxygen atoms in total. The first-order valence-electron chi connectivity index (χ1n) is 6.07. The van der Waals surface area contributed by atoms with Crippen molar-refractivity contribution in [1.82, 2.24) is 4.72 Å². The van der Waals surface area contributed by atoms with Gasteiger partial charge in [-0.25, -0.2) is 13.1 Å². The van der Waals surface area contributed by atoms with Gasteiger partial charge in [-0.3, -0.25) is 0 Å². The molecule has 0 aliphatic rings. The van der Waals surface area contributed by atoms with Gasteiger partial charge in [0.25, 0.3) is 0 Å². The zero-order valence-corrected chi connectivity index (χ0v) is 12.9. The smallest absolute Gasteiger partial charge is 0.215 e. The summed E-state index contributed by atoms with van der Waals surface area (Å²) >= 11 is 5.93. The molecule has 1 aromatic carbocycles. The average molecular weight is 306 g/mol. The van der Waals surface area contributed by atoms with Crippen molar-refractivity contribution in [3.63, 3.8) is 0 Å². The predicted octanol–water partition coefficient (Wildman–Crippen LogP) is 2.17. The number of halogens is 1. The van der Waals surface area contributed by atoms with Gasteiger partial charge in [0.05, 0.1) is 11.4 Å². The molecule has 0 saturated heterocycles. The van der Waals surface area contributed by atoms with Gasteiger partial charge in [0.15, 0.2) is 0 Å². The van der Waals surface area contributed by atoms with Crippen LogP contribution in [0.3, 0.4) is 0 Å². The number of sulfonamides is 1. The van der Waals surface area contributed by atoms with Crippen LogP contribution < -0.4 is 4.72 Å². The van der Waals surface area contributed by atoms with Gasteiger partial charge < -0.3 is 5.11 Å². The summed E-state index contributed by atoms with van der Waals surface area (Å²) in [6, 6.07) is 6.80. The second kappa shape index (κ2) is 6.22. The van der Waals surface area contributed by atoms with E-state index in [4.69, 9.17) is 11.6 Å². The topological polar surface area (TPSA) is 66.4 Å². The van der Waals surface area contributed by atoms with Gasteiger partial charge in [0, 0.05) is 11.6 Å². The molecule has 1 unspecified atom stereocenters. The molecule has 0 aliphatic heterocycles. The lowest BCUT2D eigenvalue weighted by Gasteiger charge is -2.27. The Bertz CT molecular complexity index is 526. The highest BCUT2D eigenvalue weighted by molar-refractivity contribution is 7.88. The van der Waals surface area contributed by atoms with E-state index in [9.17, 15) is 13.5 Å². The molecule has 0 heterocycles. The number of hydrogen-bond acceptors (Lipinski definition) is 3. The molecule has 19 heavy (non-hydrogen) atoms. The Hall–Kier alpha value is -0.620. The second-order valence-electron chi connectivity index (χ2n) is 5.18. The minimum atomic E-state index is -3.52. The highest BCUT2D eigenvalue weighted by Crippen LogP contribution is 2.18. The third-order valence-electron chi connectivity index (χ3n) is 3.20. The van der Waals surface area contributed by atoms with Crippen molar-refractivity contribution in [1.29, 1.82) is 0 Å². The summed E-state index contributed by atoms with van der Waals surface area (Å²) in [4.78, 5) is 0. The Morgan fingerprint density at radius 2 is 1.95 bits per heavy atom. The Balaban J connectivity index is 2.71. The minimum Gasteiger partial charge on any atom is -0.389 e. The van der Waals surface area contributed by atoms with E-state index in [1.165, 1.54) is 0 Å². The van der Waals surface area contributed by atoms with Crippen LogP contribution in [0.2, 0.25) is 5.02 Å². The Kier molecular flexibility index (Phi) is 5.38. The maximum atomic E-state index is 11.9. The Morgan fingerprint density at radius 1 is 1.37 bits per heavy atom. The van der Waals surface area contributed by atoms with Gasteiger partial charge in [-0.1, -0.05) is 43.6 Å². The van der Waals surface area contributed by atoms with Crippen LogP contribution in [0.15, 0.2) is 24.3 Å². The van der Waals surface area contributed by atoms with E-state index in [0.717, 1.165) is 0 Å². The van der Waals surface area contributed by atoms with E-state index >= 15 is 0 Å². The van der Waals surface area contributed by atoms with Crippen molar-refractivity contribution in [2.24, 2.45) is 5.92 Å². The van der Waals surface area contributed by atoms with Crippen molar-refractivity contribution >= 4 is 21.6 Å². The molecule has 1 atom stereocenters. The van der Waals surface area contributed by atoms with E-state index < -0.39 is 15.6 Å². The van der Waals surface area contributed by atoms with Gasteiger partial charge in [-0.15, -0.1) is 0 Å². The summed E-state index contributed by atoms with van der Waals surface area (Å²) in [6.45, 7) is 5.26. The Labute approximate surface area is 119 Å². The molecule has 6 heteroatoms. The summed E-state index contributed by atoms with van der Waals surface area (Å²) in [5.41, 5.74) is -0.533. The summed E-state index contributed by atoms with van der Waals surface area (Å²) in [6.07, 6.45) is 0. The van der Waals surface area contributed by atoms with Crippen LogP contribution in [0, 0.1) is 5.92 Å². The van der Waals surface area contributed by atoms with Crippen molar-refractivity contribution in [2.45, 2.75) is 32.1 Å². The normalized spacial score (nSPS) is 15.5. The van der Waals surface area contributed by atoms with Crippen LogP contribution in [-0.4, -0.2) is 25.7 Å². The summed E-state index contributed by atoms with van der Waals surface area (Å²) in [5.74, 6) is -0.239. The summed E-state index contributed by atoms with van der Waals surface area (Å²) in [5, 5.41) is 10.4. The largest absolute Gasteiger partial charge is 0.389 e. The quantitative estimate of drug-likeness (QED) is 0.846. The van der Waals surface area contributed by atoms with Crippen LogP contribution in [0.1, 0.15) is 26.3 Å². The first kappa shape index (κ1) is 16.4.